The summed E-state index contributed by atoms with van der Waals surface area (Å²) in [5.74, 6) is 0.383. The van der Waals surface area contributed by atoms with E-state index in [0.717, 1.165) is 32.1 Å². The monoisotopic (exact) mass is 332 g/mol. The van der Waals surface area contributed by atoms with Gasteiger partial charge >= 0.3 is 11.9 Å². The third kappa shape index (κ3) is 2.70. The minimum absolute atomic E-state index is 0.134. The van der Waals surface area contributed by atoms with Gasteiger partial charge in [0.05, 0.1) is 0 Å². The van der Waals surface area contributed by atoms with Gasteiger partial charge in [-0.05, 0) is 71.1 Å². The summed E-state index contributed by atoms with van der Waals surface area (Å²) in [5, 5.41) is 0. The van der Waals surface area contributed by atoms with E-state index in [9.17, 15) is 9.59 Å². The summed E-state index contributed by atoms with van der Waals surface area (Å²) in [6.45, 7) is 12.9. The third-order valence-electron chi connectivity index (χ3n) is 6.46. The minimum Gasteiger partial charge on any atom is -0.456 e. The fraction of sp³-hybridized carbons (Fsp3) is 0.700. The molecule has 0 amide bonds. The van der Waals surface area contributed by atoms with E-state index < -0.39 is 11.2 Å². The second-order valence-electron chi connectivity index (χ2n) is 8.73. The summed E-state index contributed by atoms with van der Waals surface area (Å²) in [6, 6.07) is 0. The topological polar surface area (TPSA) is 52.6 Å². The highest BCUT2D eigenvalue weighted by atomic mass is 16.6. The highest BCUT2D eigenvalue weighted by Crippen LogP contribution is 2.66. The van der Waals surface area contributed by atoms with Crippen LogP contribution in [0.4, 0.5) is 0 Å². The molecule has 2 atom stereocenters. The first-order chi connectivity index (χ1) is 11.1. The molecule has 0 aromatic rings. The molecule has 4 aliphatic rings. The molecule has 4 fully saturated rings. The Balaban J connectivity index is 1.90. The average Bonchev–Trinajstić information content (AvgIpc) is 2.44. The Hall–Kier alpha value is -1.58. The van der Waals surface area contributed by atoms with E-state index in [0.29, 0.717) is 17.4 Å². The van der Waals surface area contributed by atoms with Gasteiger partial charge < -0.3 is 9.47 Å². The summed E-state index contributed by atoms with van der Waals surface area (Å²) < 4.78 is 11.7. The molecule has 0 radical (unpaired) electrons. The number of ether oxygens (including phenoxy) is 2. The van der Waals surface area contributed by atoms with Gasteiger partial charge in [-0.15, -0.1) is 0 Å². The van der Waals surface area contributed by atoms with Crippen molar-refractivity contribution in [3.63, 3.8) is 0 Å². The smallest absolute Gasteiger partial charge is 0.333 e. The number of hydrogen-bond acceptors (Lipinski definition) is 4. The Kier molecular flexibility index (Phi) is 3.93. The Morgan fingerprint density at radius 1 is 1.17 bits per heavy atom. The molecule has 0 N–H and O–H groups in total. The van der Waals surface area contributed by atoms with Gasteiger partial charge in [0.15, 0.2) is 0 Å². The molecule has 0 heterocycles. The van der Waals surface area contributed by atoms with Gasteiger partial charge in [0, 0.05) is 17.1 Å². The predicted molar refractivity (Wildman–Crippen MR) is 91.1 cm³/mol. The second-order valence-corrected chi connectivity index (χ2v) is 8.73. The Morgan fingerprint density at radius 2 is 1.75 bits per heavy atom. The van der Waals surface area contributed by atoms with Crippen LogP contribution in [0.2, 0.25) is 0 Å². The van der Waals surface area contributed by atoms with Crippen LogP contribution < -0.4 is 0 Å². The van der Waals surface area contributed by atoms with E-state index in [2.05, 4.69) is 13.2 Å². The highest BCUT2D eigenvalue weighted by Gasteiger charge is 2.65. The zero-order valence-electron chi connectivity index (χ0n) is 15.0. The maximum absolute atomic E-state index is 12.2. The van der Waals surface area contributed by atoms with Crippen molar-refractivity contribution in [1.82, 2.24) is 0 Å². The molecule has 4 heteroatoms. The highest BCUT2D eigenvalue weighted by molar-refractivity contribution is 5.87. The summed E-state index contributed by atoms with van der Waals surface area (Å²) in [6.07, 6.45) is 7.11. The standard InChI is InChI=1S/C20H28O4/c1-6-16(21)23-18(4,5)19-8-14-7-15(9-19)11-20(10-14,12-19)24-17(22)13(2)3/h6,14-15H,1-2,7-12H2,3-5H3. The fourth-order valence-corrected chi connectivity index (χ4v) is 5.69. The van der Waals surface area contributed by atoms with Crippen LogP contribution in [0.5, 0.6) is 0 Å². The largest absolute Gasteiger partial charge is 0.456 e. The van der Waals surface area contributed by atoms with Crippen LogP contribution in [-0.4, -0.2) is 23.1 Å². The van der Waals surface area contributed by atoms with Crippen molar-refractivity contribution in [2.24, 2.45) is 17.3 Å². The van der Waals surface area contributed by atoms with Gasteiger partial charge in [-0.2, -0.15) is 0 Å². The SMILES string of the molecule is C=CC(=O)OC(C)(C)C12CC3CC(CC(OC(=O)C(=C)C)(C3)C1)C2. The van der Waals surface area contributed by atoms with Gasteiger partial charge in [-0.3, -0.25) is 0 Å². The first kappa shape index (κ1) is 17.2. The first-order valence-electron chi connectivity index (χ1n) is 8.85. The molecular weight excluding hydrogens is 304 g/mol. The molecule has 2 unspecified atom stereocenters. The summed E-state index contributed by atoms with van der Waals surface area (Å²) >= 11 is 0. The van der Waals surface area contributed by atoms with E-state index in [-0.39, 0.29) is 17.4 Å². The lowest BCUT2D eigenvalue weighted by atomic mass is 9.44. The lowest BCUT2D eigenvalue weighted by Crippen LogP contribution is -2.64. The number of carbonyl (C=O) groups excluding carboxylic acids is 2. The van der Waals surface area contributed by atoms with Crippen LogP contribution in [0.25, 0.3) is 0 Å². The zero-order chi connectivity index (χ0) is 17.8. The van der Waals surface area contributed by atoms with E-state index in [1.165, 1.54) is 12.5 Å². The molecule has 4 rings (SSSR count). The zero-order valence-corrected chi connectivity index (χ0v) is 15.0. The number of rotatable bonds is 5. The number of hydrogen-bond donors (Lipinski definition) is 0. The Morgan fingerprint density at radius 3 is 2.25 bits per heavy atom. The molecule has 0 aliphatic heterocycles. The normalized spacial score (nSPS) is 37.0. The van der Waals surface area contributed by atoms with Gasteiger partial charge in [0.2, 0.25) is 0 Å². The molecule has 0 saturated heterocycles. The molecule has 0 spiro atoms. The molecule has 4 bridgehead atoms. The molecule has 132 valence electrons. The van der Waals surface area contributed by atoms with Crippen molar-refractivity contribution in [2.45, 2.75) is 70.5 Å². The van der Waals surface area contributed by atoms with Crippen molar-refractivity contribution in [3.8, 4) is 0 Å². The lowest BCUT2D eigenvalue weighted by Gasteiger charge is -2.64. The second kappa shape index (κ2) is 5.47. The lowest BCUT2D eigenvalue weighted by molar-refractivity contribution is -0.238. The summed E-state index contributed by atoms with van der Waals surface area (Å²) in [4.78, 5) is 24.0. The molecule has 0 aromatic heterocycles. The summed E-state index contributed by atoms with van der Waals surface area (Å²) in [7, 11) is 0. The van der Waals surface area contributed by atoms with Crippen molar-refractivity contribution in [2.75, 3.05) is 0 Å². The molecule has 4 aliphatic carbocycles. The van der Waals surface area contributed by atoms with Gasteiger partial charge in [-0.1, -0.05) is 13.2 Å². The van der Waals surface area contributed by atoms with Gasteiger partial charge in [0.25, 0.3) is 0 Å². The maximum Gasteiger partial charge on any atom is 0.333 e. The van der Waals surface area contributed by atoms with Crippen molar-refractivity contribution >= 4 is 11.9 Å². The Bertz CT molecular complexity index is 587. The number of esters is 2. The maximum atomic E-state index is 12.2. The van der Waals surface area contributed by atoms with Crippen LogP contribution >= 0.6 is 0 Å². The molecule has 0 aromatic carbocycles. The molecule has 4 nitrogen and oxygen atoms in total. The number of carbonyl (C=O) groups is 2. The third-order valence-corrected chi connectivity index (χ3v) is 6.46. The van der Waals surface area contributed by atoms with Crippen LogP contribution in [0.1, 0.15) is 59.3 Å². The van der Waals surface area contributed by atoms with Crippen LogP contribution in [0.15, 0.2) is 24.8 Å². The van der Waals surface area contributed by atoms with Crippen LogP contribution in [-0.2, 0) is 19.1 Å². The van der Waals surface area contributed by atoms with Crippen molar-refractivity contribution < 1.29 is 19.1 Å². The van der Waals surface area contributed by atoms with Gasteiger partial charge in [-0.25, -0.2) is 9.59 Å². The van der Waals surface area contributed by atoms with E-state index in [4.69, 9.17) is 9.47 Å². The van der Waals surface area contributed by atoms with E-state index in [1.807, 2.05) is 13.8 Å². The molecular formula is C20H28O4. The molecule has 4 saturated carbocycles. The molecule has 24 heavy (non-hydrogen) atoms. The fourth-order valence-electron chi connectivity index (χ4n) is 5.69. The van der Waals surface area contributed by atoms with E-state index in [1.54, 1.807) is 6.92 Å². The quantitative estimate of drug-likeness (QED) is 0.565. The Labute approximate surface area is 144 Å². The van der Waals surface area contributed by atoms with Gasteiger partial charge in [0.1, 0.15) is 11.2 Å². The van der Waals surface area contributed by atoms with Crippen LogP contribution in [0.3, 0.4) is 0 Å². The predicted octanol–water partition coefficient (Wildman–Crippen LogP) is 3.95. The van der Waals surface area contributed by atoms with Crippen molar-refractivity contribution in [3.05, 3.63) is 24.8 Å². The van der Waals surface area contributed by atoms with E-state index >= 15 is 0 Å². The van der Waals surface area contributed by atoms with Crippen LogP contribution in [0, 0.1) is 17.3 Å². The summed E-state index contributed by atoms with van der Waals surface area (Å²) in [5.41, 5.74) is -0.711. The minimum atomic E-state index is -0.600. The average molecular weight is 332 g/mol. The van der Waals surface area contributed by atoms with Crippen molar-refractivity contribution in [1.29, 1.82) is 0 Å². The first-order valence-corrected chi connectivity index (χ1v) is 8.85.